The van der Waals surface area contributed by atoms with Crippen LogP contribution < -0.4 is 9.47 Å². The van der Waals surface area contributed by atoms with Gasteiger partial charge in [-0.3, -0.25) is 9.80 Å². The Kier molecular flexibility index (Phi) is 6.00. The van der Waals surface area contributed by atoms with E-state index in [-0.39, 0.29) is 0 Å². The number of fused-ring (bicyclic) bond motifs is 2. The second kappa shape index (κ2) is 9.19. The van der Waals surface area contributed by atoms with E-state index in [1.54, 1.807) is 0 Å². The first-order valence-electron chi connectivity index (χ1n) is 11.4. The Balaban J connectivity index is 1.25. The summed E-state index contributed by atoms with van der Waals surface area (Å²) < 4.78 is 12.0. The molecule has 2 aliphatic rings. The molecule has 0 unspecified atom stereocenters. The number of hydrogen-bond donors (Lipinski definition) is 0. The van der Waals surface area contributed by atoms with Crippen LogP contribution in [0.15, 0.2) is 42.5 Å². The second-order valence-corrected chi connectivity index (χ2v) is 8.49. The highest BCUT2D eigenvalue weighted by Crippen LogP contribution is 2.26. The number of aromatic nitrogens is 1. The molecule has 0 atom stereocenters. The fourth-order valence-corrected chi connectivity index (χ4v) is 4.56. The molecule has 158 valence electrons. The van der Waals surface area contributed by atoms with Crippen LogP contribution in [0, 0.1) is 0 Å². The smallest absolute Gasteiger partial charge is 0.121 e. The summed E-state index contributed by atoms with van der Waals surface area (Å²) in [6.45, 7) is 8.28. The lowest BCUT2D eigenvalue weighted by Crippen LogP contribution is -2.25. The molecule has 2 aliphatic heterocycles. The second-order valence-electron chi connectivity index (χ2n) is 8.49. The van der Waals surface area contributed by atoms with Crippen molar-refractivity contribution in [3.8, 4) is 11.5 Å². The lowest BCUT2D eigenvalue weighted by molar-refractivity contribution is 0.238. The van der Waals surface area contributed by atoms with Crippen molar-refractivity contribution in [1.82, 2.24) is 14.8 Å². The van der Waals surface area contributed by atoms with E-state index in [1.165, 1.54) is 51.9 Å². The molecule has 0 N–H and O–H groups in total. The first kappa shape index (κ1) is 19.6. The molecule has 0 radical (unpaired) electrons. The van der Waals surface area contributed by atoms with Crippen LogP contribution in [0.2, 0.25) is 0 Å². The number of ether oxygens (including phenoxy) is 2. The summed E-state index contributed by atoms with van der Waals surface area (Å²) in [6, 6.07) is 14.6. The highest BCUT2D eigenvalue weighted by Gasteiger charge is 2.12. The van der Waals surface area contributed by atoms with Gasteiger partial charge in [-0.25, -0.2) is 4.98 Å². The SMILES string of the molecule is c1cc2cc3ccc(OCCN4CCCC4)cc3nc2cc1OCCN1CCCC1. The average Bonchev–Trinajstić information content (AvgIpc) is 3.47. The average molecular weight is 406 g/mol. The molecule has 2 aromatic carbocycles. The Morgan fingerprint density at radius 3 is 1.57 bits per heavy atom. The van der Waals surface area contributed by atoms with Gasteiger partial charge in [0, 0.05) is 36.0 Å². The molecular formula is C25H31N3O2. The van der Waals surface area contributed by atoms with Crippen molar-refractivity contribution < 1.29 is 9.47 Å². The van der Waals surface area contributed by atoms with Crippen molar-refractivity contribution in [3.63, 3.8) is 0 Å². The third-order valence-electron chi connectivity index (χ3n) is 6.31. The molecule has 0 saturated carbocycles. The van der Waals surface area contributed by atoms with Crippen LogP contribution >= 0.6 is 0 Å². The predicted molar refractivity (Wildman–Crippen MR) is 122 cm³/mol. The van der Waals surface area contributed by atoms with E-state index >= 15 is 0 Å². The summed E-state index contributed by atoms with van der Waals surface area (Å²) in [4.78, 5) is 9.83. The van der Waals surface area contributed by atoms with E-state index in [2.05, 4.69) is 52.3 Å². The third kappa shape index (κ3) is 4.68. The van der Waals surface area contributed by atoms with Gasteiger partial charge >= 0.3 is 0 Å². The molecule has 2 saturated heterocycles. The number of rotatable bonds is 8. The number of nitrogens with zero attached hydrogens (tertiary/aromatic N) is 3. The Labute approximate surface area is 178 Å². The Hall–Kier alpha value is -2.37. The van der Waals surface area contributed by atoms with E-state index in [9.17, 15) is 0 Å². The van der Waals surface area contributed by atoms with Gasteiger partial charge in [0.2, 0.25) is 0 Å². The third-order valence-corrected chi connectivity index (χ3v) is 6.31. The molecule has 3 heterocycles. The van der Waals surface area contributed by atoms with Crippen molar-refractivity contribution in [2.45, 2.75) is 25.7 Å². The first-order valence-corrected chi connectivity index (χ1v) is 11.4. The predicted octanol–water partition coefficient (Wildman–Crippen LogP) is 4.34. The van der Waals surface area contributed by atoms with E-state index in [1.807, 2.05) is 0 Å². The minimum atomic E-state index is 0.730. The highest BCUT2D eigenvalue weighted by molar-refractivity contribution is 5.93. The molecule has 5 rings (SSSR count). The maximum atomic E-state index is 6.00. The number of likely N-dealkylation sites (tertiary alicyclic amines) is 2. The maximum Gasteiger partial charge on any atom is 0.121 e. The van der Waals surface area contributed by atoms with E-state index in [0.29, 0.717) is 0 Å². The first-order chi connectivity index (χ1) is 14.8. The van der Waals surface area contributed by atoms with Gasteiger partial charge in [-0.2, -0.15) is 0 Å². The summed E-state index contributed by atoms with van der Waals surface area (Å²) in [5, 5.41) is 2.27. The Bertz CT molecular complexity index is 917. The molecule has 0 spiro atoms. The molecule has 30 heavy (non-hydrogen) atoms. The summed E-state index contributed by atoms with van der Waals surface area (Å²) in [6.07, 6.45) is 5.27. The quantitative estimate of drug-likeness (QED) is 0.521. The van der Waals surface area contributed by atoms with Gasteiger partial charge in [0.25, 0.3) is 0 Å². The highest BCUT2D eigenvalue weighted by atomic mass is 16.5. The van der Waals surface area contributed by atoms with Crippen molar-refractivity contribution in [1.29, 1.82) is 0 Å². The maximum absolute atomic E-state index is 6.00. The lowest BCUT2D eigenvalue weighted by atomic mass is 10.1. The van der Waals surface area contributed by atoms with Gasteiger partial charge in [-0.1, -0.05) is 0 Å². The Morgan fingerprint density at radius 1 is 0.633 bits per heavy atom. The van der Waals surface area contributed by atoms with Crippen LogP contribution in [0.3, 0.4) is 0 Å². The molecule has 5 nitrogen and oxygen atoms in total. The van der Waals surface area contributed by atoms with E-state index in [0.717, 1.165) is 59.6 Å². The zero-order chi connectivity index (χ0) is 20.2. The monoisotopic (exact) mass is 405 g/mol. The fourth-order valence-electron chi connectivity index (χ4n) is 4.56. The molecule has 2 fully saturated rings. The number of pyridine rings is 1. The van der Waals surface area contributed by atoms with E-state index < -0.39 is 0 Å². The van der Waals surface area contributed by atoms with Crippen LogP contribution in [0.1, 0.15) is 25.7 Å². The van der Waals surface area contributed by atoms with Crippen LogP contribution in [0.4, 0.5) is 0 Å². The molecule has 0 aliphatic carbocycles. The van der Waals surface area contributed by atoms with Gasteiger partial charge in [-0.15, -0.1) is 0 Å². The minimum absolute atomic E-state index is 0.730. The molecule has 5 heteroatoms. The molecule has 0 bridgehead atoms. The van der Waals surface area contributed by atoms with Crippen LogP contribution in [-0.2, 0) is 0 Å². The zero-order valence-corrected chi connectivity index (χ0v) is 17.7. The molecular weight excluding hydrogens is 374 g/mol. The molecule has 1 aromatic heterocycles. The summed E-state index contributed by atoms with van der Waals surface area (Å²) in [7, 11) is 0. The topological polar surface area (TPSA) is 37.8 Å². The lowest BCUT2D eigenvalue weighted by Gasteiger charge is -2.15. The van der Waals surface area contributed by atoms with Crippen LogP contribution in [0.5, 0.6) is 11.5 Å². The largest absolute Gasteiger partial charge is 0.492 e. The molecule has 3 aromatic rings. The zero-order valence-electron chi connectivity index (χ0n) is 17.7. The van der Waals surface area contributed by atoms with Crippen LogP contribution in [-0.4, -0.2) is 67.3 Å². The Morgan fingerprint density at radius 2 is 1.10 bits per heavy atom. The van der Waals surface area contributed by atoms with Crippen molar-refractivity contribution in [2.75, 3.05) is 52.5 Å². The number of benzene rings is 2. The van der Waals surface area contributed by atoms with E-state index in [4.69, 9.17) is 14.5 Å². The van der Waals surface area contributed by atoms with Crippen LogP contribution in [0.25, 0.3) is 21.8 Å². The van der Waals surface area contributed by atoms with Gasteiger partial charge in [0.15, 0.2) is 0 Å². The van der Waals surface area contributed by atoms with Gasteiger partial charge in [0.1, 0.15) is 24.7 Å². The normalized spacial score (nSPS) is 17.9. The summed E-state index contributed by atoms with van der Waals surface area (Å²) in [5.41, 5.74) is 1.94. The summed E-state index contributed by atoms with van der Waals surface area (Å²) >= 11 is 0. The van der Waals surface area contributed by atoms with Crippen molar-refractivity contribution in [3.05, 3.63) is 42.5 Å². The van der Waals surface area contributed by atoms with Gasteiger partial charge in [-0.05, 0) is 82.2 Å². The molecule has 0 amide bonds. The minimum Gasteiger partial charge on any atom is -0.492 e. The number of hydrogen-bond acceptors (Lipinski definition) is 5. The summed E-state index contributed by atoms with van der Waals surface area (Å²) in [5.74, 6) is 1.79. The van der Waals surface area contributed by atoms with Gasteiger partial charge < -0.3 is 9.47 Å². The standard InChI is InChI=1S/C25H31N3O2/c1-2-10-27(9-1)13-15-29-22-7-5-20-17-21-6-8-23(19-25(21)26-24(20)18-22)30-16-14-28-11-3-4-12-28/h5-8,17-19H,1-4,9-16H2. The van der Waals surface area contributed by atoms with Crippen molar-refractivity contribution >= 4 is 21.8 Å². The van der Waals surface area contributed by atoms with Gasteiger partial charge in [0.05, 0.1) is 11.0 Å². The van der Waals surface area contributed by atoms with Crippen molar-refractivity contribution in [2.24, 2.45) is 0 Å². The fraction of sp³-hybridized carbons (Fsp3) is 0.480.